The van der Waals surface area contributed by atoms with E-state index in [-0.39, 0.29) is 17.8 Å². The average molecular weight is 336 g/mol. The number of aromatic nitrogens is 1. The summed E-state index contributed by atoms with van der Waals surface area (Å²) in [6.45, 7) is 10.3. The van der Waals surface area contributed by atoms with Crippen LogP contribution in [0.15, 0.2) is 22.7 Å². The topological polar surface area (TPSA) is 41.3 Å². The van der Waals surface area contributed by atoms with Crippen LogP contribution < -0.4 is 5.32 Å². The van der Waals surface area contributed by atoms with E-state index in [0.29, 0.717) is 6.04 Å². The van der Waals surface area contributed by atoms with E-state index >= 15 is 0 Å². The number of fused-ring (bicyclic) bond motifs is 4. The molecule has 1 unspecified atom stereocenters. The third-order valence-corrected chi connectivity index (χ3v) is 5.32. The summed E-state index contributed by atoms with van der Waals surface area (Å²) in [7, 11) is 0. The van der Waals surface area contributed by atoms with Gasteiger partial charge >= 0.3 is 0 Å². The van der Waals surface area contributed by atoms with Crippen molar-refractivity contribution in [2.75, 3.05) is 25.0 Å². The largest absolute Gasteiger partial charge is 0.362 e. The van der Waals surface area contributed by atoms with Crippen LogP contribution in [0.2, 0.25) is 0 Å². The van der Waals surface area contributed by atoms with E-state index in [2.05, 4.69) is 54.3 Å². The lowest BCUT2D eigenvalue weighted by atomic mass is 9.84. The van der Waals surface area contributed by atoms with Crippen molar-refractivity contribution < 1.29 is 4.52 Å². The minimum absolute atomic E-state index is 0. The molecule has 1 N–H and O–H groups in total. The van der Waals surface area contributed by atoms with Gasteiger partial charge in [-0.2, -0.15) is 0 Å². The maximum atomic E-state index is 5.58. The second-order valence-electron chi connectivity index (χ2n) is 7.88. The molecule has 1 atom stereocenters. The maximum Gasteiger partial charge on any atom is 0.177 e. The first-order chi connectivity index (χ1) is 10.5. The van der Waals surface area contributed by atoms with Gasteiger partial charge in [-0.3, -0.25) is 0 Å². The first kappa shape index (κ1) is 16.6. The lowest BCUT2D eigenvalue weighted by Gasteiger charge is -2.44. The van der Waals surface area contributed by atoms with Crippen LogP contribution in [-0.4, -0.2) is 35.7 Å². The molecule has 23 heavy (non-hydrogen) atoms. The number of halogens is 1. The molecule has 2 bridgehead atoms. The van der Waals surface area contributed by atoms with Gasteiger partial charge in [-0.05, 0) is 55.0 Å². The van der Waals surface area contributed by atoms with Gasteiger partial charge in [-0.15, -0.1) is 12.4 Å². The number of hydrogen-bond acceptors (Lipinski definition) is 4. The van der Waals surface area contributed by atoms with Crippen LogP contribution in [-0.2, 0) is 5.41 Å². The van der Waals surface area contributed by atoms with Crippen LogP contribution in [0.1, 0.15) is 39.2 Å². The average Bonchev–Trinajstić information content (AvgIpc) is 2.90. The Morgan fingerprint density at radius 2 is 1.96 bits per heavy atom. The SMILES string of the molecule is CC(C)(C)c1ccc2c(NC3CN4CCC3CC4)noc2c1.Cl. The second kappa shape index (κ2) is 5.99. The van der Waals surface area contributed by atoms with Crippen LogP contribution in [0.5, 0.6) is 0 Å². The monoisotopic (exact) mass is 335 g/mol. The molecule has 126 valence electrons. The molecule has 5 heteroatoms. The number of benzene rings is 1. The van der Waals surface area contributed by atoms with Gasteiger partial charge in [0.2, 0.25) is 0 Å². The van der Waals surface area contributed by atoms with Gasteiger partial charge in [0.1, 0.15) is 0 Å². The molecule has 4 nitrogen and oxygen atoms in total. The van der Waals surface area contributed by atoms with Gasteiger partial charge in [0, 0.05) is 12.6 Å². The van der Waals surface area contributed by atoms with Gasteiger partial charge in [0.25, 0.3) is 0 Å². The Morgan fingerprint density at radius 1 is 1.22 bits per heavy atom. The van der Waals surface area contributed by atoms with Crippen LogP contribution in [0, 0.1) is 5.92 Å². The molecule has 4 heterocycles. The van der Waals surface area contributed by atoms with Gasteiger partial charge in [-0.25, -0.2) is 0 Å². The first-order valence-corrected chi connectivity index (χ1v) is 8.39. The predicted molar refractivity (Wildman–Crippen MR) is 96.5 cm³/mol. The molecule has 0 aliphatic carbocycles. The Labute approximate surface area is 144 Å². The summed E-state index contributed by atoms with van der Waals surface area (Å²) in [5.41, 5.74) is 2.30. The van der Waals surface area contributed by atoms with Crippen molar-refractivity contribution in [2.45, 2.75) is 45.1 Å². The van der Waals surface area contributed by atoms with Crippen LogP contribution >= 0.6 is 12.4 Å². The van der Waals surface area contributed by atoms with Crippen molar-refractivity contribution in [3.05, 3.63) is 23.8 Å². The van der Waals surface area contributed by atoms with Gasteiger partial charge in [-0.1, -0.05) is 32.0 Å². The summed E-state index contributed by atoms with van der Waals surface area (Å²) in [6.07, 6.45) is 2.61. The van der Waals surface area contributed by atoms with E-state index in [1.165, 1.54) is 31.5 Å². The molecule has 3 aliphatic rings. The molecular weight excluding hydrogens is 310 g/mol. The summed E-state index contributed by atoms with van der Waals surface area (Å²) in [5.74, 6) is 1.69. The zero-order chi connectivity index (χ0) is 15.3. The van der Waals surface area contributed by atoms with Crippen LogP contribution in [0.25, 0.3) is 11.0 Å². The Bertz CT molecular complexity index is 683. The Balaban J connectivity index is 0.00000156. The minimum atomic E-state index is 0. The van der Waals surface area contributed by atoms with E-state index in [1.807, 2.05) is 0 Å². The van der Waals surface area contributed by atoms with Crippen molar-refractivity contribution in [1.82, 2.24) is 10.1 Å². The zero-order valence-electron chi connectivity index (χ0n) is 14.1. The number of hydrogen-bond donors (Lipinski definition) is 1. The summed E-state index contributed by atoms with van der Waals surface area (Å²) in [6, 6.07) is 6.99. The number of nitrogens with one attached hydrogen (secondary N) is 1. The molecule has 2 aromatic rings. The molecule has 3 aliphatic heterocycles. The normalized spacial score (nSPS) is 27.0. The molecule has 3 fully saturated rings. The molecule has 1 aromatic carbocycles. The lowest BCUT2D eigenvalue weighted by molar-refractivity contribution is 0.0973. The Hall–Kier alpha value is -1.26. The lowest BCUT2D eigenvalue weighted by Crippen LogP contribution is -2.53. The molecule has 5 rings (SSSR count). The van der Waals surface area contributed by atoms with Gasteiger partial charge in [0.05, 0.1) is 5.39 Å². The van der Waals surface area contributed by atoms with Crippen molar-refractivity contribution in [2.24, 2.45) is 5.92 Å². The van der Waals surface area contributed by atoms with E-state index in [0.717, 1.165) is 29.2 Å². The molecule has 0 radical (unpaired) electrons. The minimum Gasteiger partial charge on any atom is -0.362 e. The number of nitrogens with zero attached hydrogens (tertiary/aromatic N) is 2. The van der Waals surface area contributed by atoms with Crippen molar-refractivity contribution in [3.8, 4) is 0 Å². The standard InChI is InChI=1S/C18H25N3O.ClH/c1-18(2,3)13-4-5-14-16(10-13)22-20-17(14)19-15-11-21-8-6-12(15)7-9-21;/h4-5,10,12,15H,6-9,11H2,1-3H3,(H,19,20);1H. The molecule has 0 saturated carbocycles. The Kier molecular flexibility index (Phi) is 4.32. The highest BCUT2D eigenvalue weighted by Gasteiger charge is 2.34. The second-order valence-corrected chi connectivity index (χ2v) is 7.88. The smallest absolute Gasteiger partial charge is 0.177 e. The number of rotatable bonds is 2. The van der Waals surface area contributed by atoms with Crippen molar-refractivity contribution in [3.63, 3.8) is 0 Å². The molecule has 1 aromatic heterocycles. The van der Waals surface area contributed by atoms with Crippen LogP contribution in [0.4, 0.5) is 5.82 Å². The fourth-order valence-corrected chi connectivity index (χ4v) is 3.81. The zero-order valence-corrected chi connectivity index (χ0v) is 14.9. The third-order valence-electron chi connectivity index (χ3n) is 5.32. The quantitative estimate of drug-likeness (QED) is 0.898. The maximum absolute atomic E-state index is 5.58. The van der Waals surface area contributed by atoms with Gasteiger partial charge < -0.3 is 14.7 Å². The summed E-state index contributed by atoms with van der Waals surface area (Å²) >= 11 is 0. The first-order valence-electron chi connectivity index (χ1n) is 8.39. The number of piperidine rings is 3. The fourth-order valence-electron chi connectivity index (χ4n) is 3.81. The highest BCUT2D eigenvalue weighted by atomic mass is 35.5. The van der Waals surface area contributed by atoms with E-state index in [1.54, 1.807) is 0 Å². The summed E-state index contributed by atoms with van der Waals surface area (Å²) in [4.78, 5) is 2.55. The Morgan fingerprint density at radius 3 is 2.57 bits per heavy atom. The molecular formula is C18H26ClN3O. The predicted octanol–water partition coefficient (Wildman–Crippen LogP) is 4.05. The molecule has 0 amide bonds. The van der Waals surface area contributed by atoms with E-state index in [9.17, 15) is 0 Å². The van der Waals surface area contributed by atoms with Crippen molar-refractivity contribution >= 4 is 29.2 Å². The summed E-state index contributed by atoms with van der Waals surface area (Å²) < 4.78 is 5.58. The van der Waals surface area contributed by atoms with Crippen LogP contribution in [0.3, 0.4) is 0 Å². The fraction of sp³-hybridized carbons (Fsp3) is 0.611. The van der Waals surface area contributed by atoms with E-state index < -0.39 is 0 Å². The highest BCUT2D eigenvalue weighted by Crippen LogP contribution is 2.33. The third kappa shape index (κ3) is 3.07. The molecule has 0 spiro atoms. The number of anilines is 1. The van der Waals surface area contributed by atoms with Gasteiger partial charge in [0.15, 0.2) is 11.4 Å². The highest BCUT2D eigenvalue weighted by molar-refractivity contribution is 5.88. The van der Waals surface area contributed by atoms with Crippen molar-refractivity contribution in [1.29, 1.82) is 0 Å². The molecule has 3 saturated heterocycles. The van der Waals surface area contributed by atoms with E-state index in [4.69, 9.17) is 4.52 Å². The summed E-state index contributed by atoms with van der Waals surface area (Å²) in [5, 5.41) is 9.04.